The van der Waals surface area contributed by atoms with E-state index in [4.69, 9.17) is 5.73 Å². The highest BCUT2D eigenvalue weighted by Gasteiger charge is 2.23. The van der Waals surface area contributed by atoms with Crippen LogP contribution in [0.15, 0.2) is 54.6 Å². The van der Waals surface area contributed by atoms with E-state index in [1.807, 2.05) is 35.2 Å². The van der Waals surface area contributed by atoms with Crippen LogP contribution in [0.4, 0.5) is 10.5 Å². The number of hydrogen-bond acceptors (Lipinski definition) is 4. The first-order chi connectivity index (χ1) is 14.0. The van der Waals surface area contributed by atoms with Gasteiger partial charge >= 0.3 is 6.03 Å². The first-order valence-electron chi connectivity index (χ1n) is 9.50. The largest absolute Gasteiger partial charge is 0.351 e. The Morgan fingerprint density at radius 2 is 1.66 bits per heavy atom. The van der Waals surface area contributed by atoms with Crippen LogP contribution in [0.25, 0.3) is 0 Å². The van der Waals surface area contributed by atoms with Crippen LogP contribution in [0.5, 0.6) is 0 Å². The average Bonchev–Trinajstić information content (AvgIpc) is 2.73. The average molecular weight is 395 g/mol. The van der Waals surface area contributed by atoms with Gasteiger partial charge in [-0.2, -0.15) is 0 Å². The third-order valence-corrected chi connectivity index (χ3v) is 4.74. The molecule has 8 heteroatoms. The zero-order valence-corrected chi connectivity index (χ0v) is 16.1. The lowest BCUT2D eigenvalue weighted by atomic mass is 10.1. The molecule has 1 aliphatic rings. The number of nitrogens with two attached hydrogens (primary N) is 1. The first kappa shape index (κ1) is 20.3. The molecule has 152 valence electrons. The van der Waals surface area contributed by atoms with Crippen molar-refractivity contribution in [2.75, 3.05) is 38.0 Å². The fourth-order valence-electron chi connectivity index (χ4n) is 3.22. The number of amides is 4. The second-order valence-corrected chi connectivity index (χ2v) is 6.90. The molecule has 29 heavy (non-hydrogen) atoms. The van der Waals surface area contributed by atoms with Crippen molar-refractivity contribution in [3.8, 4) is 0 Å². The van der Waals surface area contributed by atoms with Crippen molar-refractivity contribution in [3.05, 3.63) is 65.7 Å². The molecule has 2 aromatic carbocycles. The molecule has 0 radical (unpaired) electrons. The van der Waals surface area contributed by atoms with Crippen LogP contribution in [0.2, 0.25) is 0 Å². The van der Waals surface area contributed by atoms with E-state index in [9.17, 15) is 14.4 Å². The van der Waals surface area contributed by atoms with Gasteiger partial charge in [0.2, 0.25) is 5.91 Å². The van der Waals surface area contributed by atoms with Crippen molar-refractivity contribution < 1.29 is 14.4 Å². The molecule has 1 fully saturated rings. The second-order valence-electron chi connectivity index (χ2n) is 6.90. The maximum atomic E-state index is 12.7. The minimum Gasteiger partial charge on any atom is -0.351 e. The number of carbonyl (C=O) groups excluding carboxylic acids is 3. The van der Waals surface area contributed by atoms with Crippen molar-refractivity contribution >= 4 is 23.5 Å². The molecule has 8 nitrogen and oxygen atoms in total. The molecule has 0 aliphatic carbocycles. The summed E-state index contributed by atoms with van der Waals surface area (Å²) in [7, 11) is 0. The number of hydrogen-bond donors (Lipinski definition) is 3. The molecule has 0 unspecified atom stereocenters. The van der Waals surface area contributed by atoms with Crippen LogP contribution in [0, 0.1) is 0 Å². The van der Waals surface area contributed by atoms with Crippen LogP contribution < -0.4 is 16.4 Å². The molecule has 3 rings (SSSR count). The van der Waals surface area contributed by atoms with E-state index in [1.165, 1.54) is 0 Å². The van der Waals surface area contributed by atoms with Crippen LogP contribution in [0.1, 0.15) is 15.9 Å². The number of rotatable bonds is 6. The summed E-state index contributed by atoms with van der Waals surface area (Å²) in [5.74, 6) is -0.134. The number of piperazine rings is 1. The van der Waals surface area contributed by atoms with Crippen molar-refractivity contribution in [2.45, 2.75) is 6.54 Å². The van der Waals surface area contributed by atoms with Crippen LogP contribution in [-0.2, 0) is 11.3 Å². The lowest BCUT2D eigenvalue weighted by molar-refractivity contribution is -0.122. The minimum absolute atomic E-state index is 0.0288. The van der Waals surface area contributed by atoms with E-state index in [0.29, 0.717) is 50.5 Å². The Hall–Kier alpha value is -3.39. The van der Waals surface area contributed by atoms with Gasteiger partial charge < -0.3 is 21.3 Å². The monoisotopic (exact) mass is 395 g/mol. The summed E-state index contributed by atoms with van der Waals surface area (Å²) in [6.07, 6.45) is 0. The molecule has 1 aliphatic heterocycles. The van der Waals surface area contributed by atoms with Gasteiger partial charge in [-0.25, -0.2) is 4.79 Å². The molecule has 0 spiro atoms. The van der Waals surface area contributed by atoms with Gasteiger partial charge in [0.15, 0.2) is 0 Å². The molecule has 0 atom stereocenters. The van der Waals surface area contributed by atoms with E-state index in [0.717, 1.165) is 5.56 Å². The minimum atomic E-state index is -0.672. The van der Waals surface area contributed by atoms with Gasteiger partial charge in [-0.3, -0.25) is 14.5 Å². The van der Waals surface area contributed by atoms with Gasteiger partial charge in [0.25, 0.3) is 5.91 Å². The Kier molecular flexibility index (Phi) is 6.80. The zero-order valence-electron chi connectivity index (χ0n) is 16.1. The summed E-state index contributed by atoms with van der Waals surface area (Å²) in [5, 5.41) is 5.39. The lowest BCUT2D eigenvalue weighted by Gasteiger charge is -2.34. The Bertz CT molecular complexity index is 864. The van der Waals surface area contributed by atoms with Crippen LogP contribution in [0.3, 0.4) is 0 Å². The third-order valence-electron chi connectivity index (χ3n) is 4.74. The maximum Gasteiger partial charge on any atom is 0.316 e. The topological polar surface area (TPSA) is 108 Å². The summed E-state index contributed by atoms with van der Waals surface area (Å²) < 4.78 is 0. The SMILES string of the molecule is NC(=O)Nc1cccc(C(=O)N2CCN(CC(=O)NCc3ccccc3)CC2)c1. The third kappa shape index (κ3) is 6.05. The van der Waals surface area contributed by atoms with Crippen molar-refractivity contribution in [1.82, 2.24) is 15.1 Å². The van der Waals surface area contributed by atoms with Gasteiger partial charge in [-0.05, 0) is 23.8 Å². The molecule has 0 saturated carbocycles. The molecule has 0 bridgehead atoms. The number of primary amides is 1. The highest BCUT2D eigenvalue weighted by Crippen LogP contribution is 2.14. The first-order valence-corrected chi connectivity index (χ1v) is 9.50. The van der Waals surface area contributed by atoms with Crippen LogP contribution in [-0.4, -0.2) is 60.4 Å². The Labute approximate surface area is 169 Å². The van der Waals surface area contributed by atoms with Gasteiger partial charge in [0.1, 0.15) is 0 Å². The highest BCUT2D eigenvalue weighted by molar-refractivity contribution is 5.96. The fraction of sp³-hybridized carbons (Fsp3) is 0.286. The van der Waals surface area contributed by atoms with Crippen molar-refractivity contribution in [2.24, 2.45) is 5.73 Å². The number of nitrogens with zero attached hydrogens (tertiary/aromatic N) is 2. The van der Waals surface area contributed by atoms with E-state index in [1.54, 1.807) is 29.2 Å². The zero-order chi connectivity index (χ0) is 20.6. The van der Waals surface area contributed by atoms with E-state index < -0.39 is 6.03 Å². The molecule has 1 saturated heterocycles. The molecular weight excluding hydrogens is 370 g/mol. The van der Waals surface area contributed by atoms with Gasteiger partial charge in [-0.1, -0.05) is 36.4 Å². The quantitative estimate of drug-likeness (QED) is 0.684. The van der Waals surface area contributed by atoms with E-state index in [2.05, 4.69) is 10.6 Å². The predicted molar refractivity (Wildman–Crippen MR) is 110 cm³/mol. The Balaban J connectivity index is 1.45. The second kappa shape index (κ2) is 9.70. The smallest absolute Gasteiger partial charge is 0.316 e. The van der Waals surface area contributed by atoms with Gasteiger partial charge in [0, 0.05) is 44.0 Å². The Morgan fingerprint density at radius 3 is 2.34 bits per heavy atom. The lowest BCUT2D eigenvalue weighted by Crippen LogP contribution is -2.51. The number of carbonyl (C=O) groups is 3. The fourth-order valence-corrected chi connectivity index (χ4v) is 3.22. The van der Waals surface area contributed by atoms with Gasteiger partial charge in [0.05, 0.1) is 6.54 Å². The Morgan fingerprint density at radius 1 is 0.931 bits per heavy atom. The number of anilines is 1. The summed E-state index contributed by atoms with van der Waals surface area (Å²) >= 11 is 0. The molecule has 4 N–H and O–H groups in total. The summed E-state index contributed by atoms with van der Waals surface area (Å²) in [6.45, 7) is 3.16. The molecular formula is C21H25N5O3. The predicted octanol–water partition coefficient (Wildman–Crippen LogP) is 1.25. The molecule has 4 amide bonds. The molecule has 2 aromatic rings. The standard InChI is InChI=1S/C21H25N5O3/c22-21(29)24-18-8-4-7-17(13-18)20(28)26-11-9-25(10-12-26)15-19(27)23-14-16-5-2-1-3-6-16/h1-8,13H,9-12,14-15H2,(H,23,27)(H3,22,24,29). The van der Waals surface area contributed by atoms with E-state index in [-0.39, 0.29) is 11.8 Å². The van der Waals surface area contributed by atoms with Gasteiger partial charge in [-0.15, -0.1) is 0 Å². The summed E-state index contributed by atoms with van der Waals surface area (Å²) in [4.78, 5) is 39.6. The van der Waals surface area contributed by atoms with E-state index >= 15 is 0 Å². The highest BCUT2D eigenvalue weighted by atomic mass is 16.2. The summed E-state index contributed by atoms with van der Waals surface area (Å²) in [6, 6.07) is 15.8. The summed E-state index contributed by atoms with van der Waals surface area (Å²) in [5.41, 5.74) is 7.15. The molecule has 0 aromatic heterocycles. The van der Waals surface area contributed by atoms with Crippen molar-refractivity contribution in [1.29, 1.82) is 0 Å². The molecule has 1 heterocycles. The number of urea groups is 1. The van der Waals surface area contributed by atoms with Crippen molar-refractivity contribution in [3.63, 3.8) is 0 Å². The van der Waals surface area contributed by atoms with Crippen LogP contribution >= 0.6 is 0 Å². The number of nitrogens with one attached hydrogen (secondary N) is 2. The number of benzene rings is 2. The maximum absolute atomic E-state index is 12.7. The normalized spacial score (nSPS) is 14.3.